The number of unbranched alkanes of at least 4 members (excludes halogenated alkanes) is 1. The summed E-state index contributed by atoms with van der Waals surface area (Å²) in [6.07, 6.45) is 6.21. The van der Waals surface area contributed by atoms with E-state index in [0.717, 1.165) is 12.3 Å². The van der Waals surface area contributed by atoms with Gasteiger partial charge in [0.1, 0.15) is 0 Å². The molecular formula is C12H21NS. The molecule has 0 heterocycles. The third-order valence-corrected chi connectivity index (χ3v) is 4.52. The molecule has 0 N–H and O–H groups in total. The summed E-state index contributed by atoms with van der Waals surface area (Å²) >= 11 is 2.04. The molecule has 0 bridgehead atoms. The lowest BCUT2D eigenvalue weighted by molar-refractivity contribution is 0.345. The summed E-state index contributed by atoms with van der Waals surface area (Å²) in [6, 6.07) is 2.48. The Labute approximate surface area is 92.3 Å². The van der Waals surface area contributed by atoms with E-state index in [0.29, 0.717) is 11.2 Å². The summed E-state index contributed by atoms with van der Waals surface area (Å²) in [5, 5.41) is 9.66. The molecule has 3 atom stereocenters. The van der Waals surface area contributed by atoms with Gasteiger partial charge in [-0.15, -0.1) is 0 Å². The van der Waals surface area contributed by atoms with E-state index in [9.17, 15) is 0 Å². The predicted octanol–water partition coefficient (Wildman–Crippen LogP) is 3.85. The van der Waals surface area contributed by atoms with E-state index in [-0.39, 0.29) is 0 Å². The summed E-state index contributed by atoms with van der Waals surface area (Å²) in [7, 11) is 0. The van der Waals surface area contributed by atoms with Crippen LogP contribution >= 0.6 is 11.8 Å². The van der Waals surface area contributed by atoms with Crippen LogP contribution in [0.2, 0.25) is 0 Å². The Morgan fingerprint density at radius 3 is 2.86 bits per heavy atom. The zero-order chi connectivity index (χ0) is 10.4. The topological polar surface area (TPSA) is 23.8 Å². The number of thioether (sulfide) groups is 1. The van der Waals surface area contributed by atoms with E-state index in [1.165, 1.54) is 31.4 Å². The molecule has 14 heavy (non-hydrogen) atoms. The predicted molar refractivity (Wildman–Crippen MR) is 63.3 cm³/mol. The van der Waals surface area contributed by atoms with Gasteiger partial charge in [-0.25, -0.2) is 0 Å². The fourth-order valence-corrected chi connectivity index (χ4v) is 3.69. The molecule has 2 heteroatoms. The fourth-order valence-electron chi connectivity index (χ4n) is 2.04. The highest BCUT2D eigenvalue weighted by atomic mass is 32.2. The van der Waals surface area contributed by atoms with Crippen molar-refractivity contribution in [2.24, 2.45) is 11.8 Å². The molecule has 0 amide bonds. The zero-order valence-electron chi connectivity index (χ0n) is 9.33. The second kappa shape index (κ2) is 6.35. The average molecular weight is 211 g/mol. The van der Waals surface area contributed by atoms with Gasteiger partial charge in [-0.05, 0) is 37.4 Å². The molecule has 0 aliphatic heterocycles. The summed E-state index contributed by atoms with van der Waals surface area (Å²) < 4.78 is 0. The quantitative estimate of drug-likeness (QED) is 0.660. The van der Waals surface area contributed by atoms with Gasteiger partial charge in [0.15, 0.2) is 0 Å². The Morgan fingerprint density at radius 2 is 2.21 bits per heavy atom. The van der Waals surface area contributed by atoms with Crippen molar-refractivity contribution in [2.45, 2.75) is 51.2 Å². The average Bonchev–Trinajstić information content (AvgIpc) is 2.19. The van der Waals surface area contributed by atoms with Crippen LogP contribution in [0.15, 0.2) is 0 Å². The SMILES string of the molecule is CCCCSC1CC(C)CCC1C#N. The standard InChI is InChI=1S/C12H21NS/c1-3-4-7-14-12-8-10(2)5-6-11(12)9-13/h10-12H,3-8H2,1-2H3. The van der Waals surface area contributed by atoms with Gasteiger partial charge in [-0.1, -0.05) is 20.3 Å². The highest BCUT2D eigenvalue weighted by molar-refractivity contribution is 7.99. The van der Waals surface area contributed by atoms with Crippen LogP contribution in [0.5, 0.6) is 0 Å². The number of hydrogen-bond acceptors (Lipinski definition) is 2. The van der Waals surface area contributed by atoms with Gasteiger partial charge in [0.25, 0.3) is 0 Å². The van der Waals surface area contributed by atoms with Crippen LogP contribution in [0.1, 0.15) is 46.0 Å². The van der Waals surface area contributed by atoms with Crippen LogP contribution in [-0.4, -0.2) is 11.0 Å². The number of hydrogen-bond donors (Lipinski definition) is 0. The largest absolute Gasteiger partial charge is 0.198 e. The molecule has 1 rings (SSSR count). The lowest BCUT2D eigenvalue weighted by Gasteiger charge is -2.30. The first kappa shape index (κ1) is 11.9. The van der Waals surface area contributed by atoms with Crippen LogP contribution < -0.4 is 0 Å². The monoisotopic (exact) mass is 211 g/mol. The van der Waals surface area contributed by atoms with Crippen LogP contribution in [0.4, 0.5) is 0 Å². The van der Waals surface area contributed by atoms with Gasteiger partial charge in [-0.2, -0.15) is 17.0 Å². The lowest BCUT2D eigenvalue weighted by atomic mass is 9.83. The maximum absolute atomic E-state index is 9.04. The number of nitriles is 1. The Hall–Kier alpha value is -0.160. The molecule has 0 saturated heterocycles. The third kappa shape index (κ3) is 3.53. The van der Waals surface area contributed by atoms with Crippen molar-refractivity contribution in [3.8, 4) is 6.07 Å². The van der Waals surface area contributed by atoms with E-state index >= 15 is 0 Å². The molecule has 0 radical (unpaired) electrons. The van der Waals surface area contributed by atoms with Gasteiger partial charge in [-0.3, -0.25) is 0 Å². The Bertz CT molecular complexity index is 197. The first-order chi connectivity index (χ1) is 6.77. The number of rotatable bonds is 4. The highest BCUT2D eigenvalue weighted by Gasteiger charge is 2.28. The summed E-state index contributed by atoms with van der Waals surface area (Å²) in [5.74, 6) is 2.40. The van der Waals surface area contributed by atoms with Crippen LogP contribution in [0.25, 0.3) is 0 Å². The van der Waals surface area contributed by atoms with Crippen molar-refractivity contribution in [1.82, 2.24) is 0 Å². The Morgan fingerprint density at radius 1 is 1.43 bits per heavy atom. The highest BCUT2D eigenvalue weighted by Crippen LogP contribution is 2.36. The van der Waals surface area contributed by atoms with Crippen molar-refractivity contribution in [1.29, 1.82) is 5.26 Å². The summed E-state index contributed by atoms with van der Waals surface area (Å²) in [4.78, 5) is 0. The minimum Gasteiger partial charge on any atom is -0.198 e. The second-order valence-electron chi connectivity index (χ2n) is 4.42. The smallest absolute Gasteiger partial charge is 0.0667 e. The van der Waals surface area contributed by atoms with Gasteiger partial charge in [0, 0.05) is 5.25 Å². The first-order valence-electron chi connectivity index (χ1n) is 5.79. The molecule has 1 nitrogen and oxygen atoms in total. The second-order valence-corrected chi connectivity index (χ2v) is 5.76. The lowest BCUT2D eigenvalue weighted by Crippen LogP contribution is -2.25. The van der Waals surface area contributed by atoms with Gasteiger partial charge in [0.2, 0.25) is 0 Å². The van der Waals surface area contributed by atoms with Crippen molar-refractivity contribution < 1.29 is 0 Å². The van der Waals surface area contributed by atoms with E-state index in [2.05, 4.69) is 19.9 Å². The maximum Gasteiger partial charge on any atom is 0.0667 e. The minimum atomic E-state index is 0.327. The number of nitrogens with zero attached hydrogens (tertiary/aromatic N) is 1. The van der Waals surface area contributed by atoms with E-state index in [1.807, 2.05) is 11.8 Å². The van der Waals surface area contributed by atoms with E-state index < -0.39 is 0 Å². The molecule has 0 spiro atoms. The van der Waals surface area contributed by atoms with Crippen molar-refractivity contribution in [3.63, 3.8) is 0 Å². The zero-order valence-corrected chi connectivity index (χ0v) is 10.1. The van der Waals surface area contributed by atoms with Crippen molar-refractivity contribution >= 4 is 11.8 Å². The third-order valence-electron chi connectivity index (χ3n) is 3.05. The minimum absolute atomic E-state index is 0.327. The van der Waals surface area contributed by atoms with Crippen molar-refractivity contribution in [2.75, 3.05) is 5.75 Å². The molecule has 3 unspecified atom stereocenters. The molecule has 80 valence electrons. The van der Waals surface area contributed by atoms with Crippen LogP contribution in [-0.2, 0) is 0 Å². The molecule has 0 aromatic rings. The molecule has 0 aromatic carbocycles. The summed E-state index contributed by atoms with van der Waals surface area (Å²) in [5.41, 5.74) is 0. The van der Waals surface area contributed by atoms with Crippen molar-refractivity contribution in [3.05, 3.63) is 0 Å². The fraction of sp³-hybridized carbons (Fsp3) is 0.917. The van der Waals surface area contributed by atoms with Gasteiger partial charge >= 0.3 is 0 Å². The first-order valence-corrected chi connectivity index (χ1v) is 6.84. The van der Waals surface area contributed by atoms with E-state index in [4.69, 9.17) is 5.26 Å². The summed E-state index contributed by atoms with van der Waals surface area (Å²) in [6.45, 7) is 4.55. The van der Waals surface area contributed by atoms with Gasteiger partial charge in [0.05, 0.1) is 12.0 Å². The van der Waals surface area contributed by atoms with Crippen LogP contribution in [0.3, 0.4) is 0 Å². The molecular weight excluding hydrogens is 190 g/mol. The molecule has 0 aromatic heterocycles. The normalized spacial score (nSPS) is 32.5. The van der Waals surface area contributed by atoms with Gasteiger partial charge < -0.3 is 0 Å². The maximum atomic E-state index is 9.04. The van der Waals surface area contributed by atoms with E-state index in [1.54, 1.807) is 0 Å². The molecule has 1 fully saturated rings. The van der Waals surface area contributed by atoms with Crippen LogP contribution in [0, 0.1) is 23.2 Å². The molecule has 1 aliphatic carbocycles. The Kier molecular flexibility index (Phi) is 5.40. The Balaban J connectivity index is 2.34. The molecule has 1 saturated carbocycles. The molecule has 1 aliphatic rings.